The zero-order valence-corrected chi connectivity index (χ0v) is 9.14. The smallest absolute Gasteiger partial charge is 0.181 e. The van der Waals surface area contributed by atoms with E-state index in [9.17, 15) is 4.79 Å². The summed E-state index contributed by atoms with van der Waals surface area (Å²) < 4.78 is 5.16. The van der Waals surface area contributed by atoms with Crippen LogP contribution in [-0.2, 0) is 0 Å². The van der Waals surface area contributed by atoms with Gasteiger partial charge in [0.2, 0.25) is 0 Å². The standard InChI is InChI=1S/C12H14N2O2/c1-2-8(6-13)12(15)9-3-4-10-11(5-9)16-7-14-10/h3-5,7-8H,2,6,13H2,1H3. The fourth-order valence-electron chi connectivity index (χ4n) is 1.70. The number of fused-ring (bicyclic) bond motifs is 1. The Morgan fingerprint density at radius 3 is 3.06 bits per heavy atom. The Balaban J connectivity index is 2.35. The minimum Gasteiger partial charge on any atom is -0.443 e. The summed E-state index contributed by atoms with van der Waals surface area (Å²) in [6.45, 7) is 2.34. The fraction of sp³-hybridized carbons (Fsp3) is 0.333. The monoisotopic (exact) mass is 218 g/mol. The molecular formula is C12H14N2O2. The van der Waals surface area contributed by atoms with Crippen LogP contribution in [-0.4, -0.2) is 17.3 Å². The molecule has 0 spiro atoms. The van der Waals surface area contributed by atoms with E-state index in [2.05, 4.69) is 4.98 Å². The SMILES string of the molecule is CCC(CN)C(=O)c1ccc2ncoc2c1. The molecule has 1 unspecified atom stereocenters. The maximum absolute atomic E-state index is 12.0. The number of hydrogen-bond donors (Lipinski definition) is 1. The highest BCUT2D eigenvalue weighted by Gasteiger charge is 2.17. The lowest BCUT2D eigenvalue weighted by molar-refractivity contribution is 0.0921. The number of oxazole rings is 1. The summed E-state index contributed by atoms with van der Waals surface area (Å²) in [4.78, 5) is 16.0. The van der Waals surface area contributed by atoms with Crippen molar-refractivity contribution in [1.29, 1.82) is 0 Å². The molecule has 16 heavy (non-hydrogen) atoms. The third-order valence-corrected chi connectivity index (χ3v) is 2.76. The third-order valence-electron chi connectivity index (χ3n) is 2.76. The van der Waals surface area contributed by atoms with Crippen LogP contribution in [0.3, 0.4) is 0 Å². The number of nitrogens with zero attached hydrogens (tertiary/aromatic N) is 1. The molecule has 0 aliphatic rings. The fourth-order valence-corrected chi connectivity index (χ4v) is 1.70. The molecule has 0 aliphatic carbocycles. The summed E-state index contributed by atoms with van der Waals surface area (Å²) in [6, 6.07) is 5.28. The quantitative estimate of drug-likeness (QED) is 0.797. The molecule has 0 saturated carbocycles. The lowest BCUT2D eigenvalue weighted by Gasteiger charge is -2.10. The zero-order valence-electron chi connectivity index (χ0n) is 9.14. The molecule has 84 valence electrons. The summed E-state index contributed by atoms with van der Waals surface area (Å²) in [5.74, 6) is -0.0383. The van der Waals surface area contributed by atoms with E-state index in [0.29, 0.717) is 17.7 Å². The molecule has 2 aromatic rings. The average molecular weight is 218 g/mol. The second-order valence-electron chi connectivity index (χ2n) is 3.74. The summed E-state index contributed by atoms with van der Waals surface area (Å²) >= 11 is 0. The lowest BCUT2D eigenvalue weighted by Crippen LogP contribution is -2.22. The number of carbonyl (C=O) groups is 1. The van der Waals surface area contributed by atoms with Gasteiger partial charge in [0.1, 0.15) is 5.52 Å². The van der Waals surface area contributed by atoms with Crippen molar-refractivity contribution in [1.82, 2.24) is 4.98 Å². The first kappa shape index (κ1) is 10.8. The van der Waals surface area contributed by atoms with Crippen LogP contribution in [0.25, 0.3) is 11.1 Å². The number of hydrogen-bond acceptors (Lipinski definition) is 4. The van der Waals surface area contributed by atoms with Gasteiger partial charge in [0.15, 0.2) is 17.8 Å². The molecule has 1 atom stereocenters. The molecular weight excluding hydrogens is 204 g/mol. The Hall–Kier alpha value is -1.68. The highest BCUT2D eigenvalue weighted by molar-refractivity contribution is 6.00. The highest BCUT2D eigenvalue weighted by atomic mass is 16.3. The number of ketones is 1. The maximum Gasteiger partial charge on any atom is 0.181 e. The normalized spacial score (nSPS) is 12.9. The van der Waals surface area contributed by atoms with Gasteiger partial charge in [0, 0.05) is 18.0 Å². The van der Waals surface area contributed by atoms with Crippen LogP contribution in [0.4, 0.5) is 0 Å². The Labute approximate surface area is 93.5 Å². The lowest BCUT2D eigenvalue weighted by atomic mass is 9.95. The Morgan fingerprint density at radius 1 is 1.56 bits per heavy atom. The Morgan fingerprint density at radius 2 is 2.38 bits per heavy atom. The van der Waals surface area contributed by atoms with Gasteiger partial charge in [0.05, 0.1) is 0 Å². The first-order chi connectivity index (χ1) is 7.76. The number of Topliss-reactive ketones (excluding diaryl/α,β-unsaturated/α-hetero) is 1. The van der Waals surface area contributed by atoms with Gasteiger partial charge >= 0.3 is 0 Å². The van der Waals surface area contributed by atoms with Crippen LogP contribution in [0, 0.1) is 5.92 Å². The van der Waals surface area contributed by atoms with Crippen molar-refractivity contribution in [2.45, 2.75) is 13.3 Å². The Bertz CT molecular complexity index is 500. The molecule has 2 rings (SSSR count). The van der Waals surface area contributed by atoms with Crippen molar-refractivity contribution in [3.63, 3.8) is 0 Å². The topological polar surface area (TPSA) is 69.1 Å². The molecule has 0 saturated heterocycles. The van der Waals surface area contributed by atoms with E-state index >= 15 is 0 Å². The van der Waals surface area contributed by atoms with Crippen molar-refractivity contribution in [3.8, 4) is 0 Å². The molecule has 1 aromatic heterocycles. The van der Waals surface area contributed by atoms with Gasteiger partial charge < -0.3 is 10.2 Å². The molecule has 0 amide bonds. The first-order valence-corrected chi connectivity index (χ1v) is 5.33. The molecule has 0 bridgehead atoms. The second kappa shape index (κ2) is 4.45. The molecule has 2 N–H and O–H groups in total. The van der Waals surface area contributed by atoms with E-state index in [1.54, 1.807) is 18.2 Å². The summed E-state index contributed by atoms with van der Waals surface area (Å²) in [5.41, 5.74) is 7.60. The van der Waals surface area contributed by atoms with Crippen LogP contribution in [0.1, 0.15) is 23.7 Å². The number of nitrogens with two attached hydrogens (primary N) is 1. The molecule has 4 nitrogen and oxygen atoms in total. The van der Waals surface area contributed by atoms with Crippen LogP contribution >= 0.6 is 0 Å². The van der Waals surface area contributed by atoms with E-state index in [0.717, 1.165) is 11.9 Å². The van der Waals surface area contributed by atoms with Crippen molar-refractivity contribution in [2.75, 3.05) is 6.54 Å². The maximum atomic E-state index is 12.0. The van der Waals surface area contributed by atoms with E-state index in [4.69, 9.17) is 10.2 Å². The summed E-state index contributed by atoms with van der Waals surface area (Å²) in [5, 5.41) is 0. The number of benzene rings is 1. The van der Waals surface area contributed by atoms with E-state index < -0.39 is 0 Å². The molecule has 0 aliphatic heterocycles. The van der Waals surface area contributed by atoms with E-state index in [1.165, 1.54) is 6.39 Å². The minimum absolute atomic E-state index is 0.0725. The highest BCUT2D eigenvalue weighted by Crippen LogP contribution is 2.17. The van der Waals surface area contributed by atoms with Gasteiger partial charge in [-0.2, -0.15) is 0 Å². The van der Waals surface area contributed by atoms with Crippen LogP contribution in [0.15, 0.2) is 29.0 Å². The van der Waals surface area contributed by atoms with Crippen LogP contribution in [0.2, 0.25) is 0 Å². The minimum atomic E-state index is -0.111. The second-order valence-corrected chi connectivity index (χ2v) is 3.74. The van der Waals surface area contributed by atoms with Crippen molar-refractivity contribution in [3.05, 3.63) is 30.2 Å². The number of aromatic nitrogens is 1. The Kier molecular flexibility index (Phi) is 3.01. The van der Waals surface area contributed by atoms with Crippen molar-refractivity contribution < 1.29 is 9.21 Å². The molecule has 4 heteroatoms. The van der Waals surface area contributed by atoms with E-state index in [-0.39, 0.29) is 11.7 Å². The predicted molar refractivity (Wildman–Crippen MR) is 61.2 cm³/mol. The van der Waals surface area contributed by atoms with Gasteiger partial charge in [-0.05, 0) is 24.6 Å². The third kappa shape index (κ3) is 1.84. The van der Waals surface area contributed by atoms with Gasteiger partial charge in [-0.15, -0.1) is 0 Å². The molecule has 0 fully saturated rings. The van der Waals surface area contributed by atoms with Crippen molar-refractivity contribution >= 4 is 16.9 Å². The molecule has 1 aromatic carbocycles. The predicted octanol–water partition coefficient (Wildman–Crippen LogP) is 2.00. The zero-order chi connectivity index (χ0) is 11.5. The van der Waals surface area contributed by atoms with Gasteiger partial charge in [-0.3, -0.25) is 4.79 Å². The first-order valence-electron chi connectivity index (χ1n) is 5.33. The largest absolute Gasteiger partial charge is 0.443 e. The average Bonchev–Trinajstić information content (AvgIpc) is 2.77. The number of carbonyl (C=O) groups excluding carboxylic acids is 1. The summed E-state index contributed by atoms with van der Waals surface area (Å²) in [7, 11) is 0. The van der Waals surface area contributed by atoms with Gasteiger partial charge in [0.25, 0.3) is 0 Å². The van der Waals surface area contributed by atoms with Crippen molar-refractivity contribution in [2.24, 2.45) is 11.7 Å². The summed E-state index contributed by atoms with van der Waals surface area (Å²) in [6.07, 6.45) is 2.13. The van der Waals surface area contributed by atoms with Crippen LogP contribution in [0.5, 0.6) is 0 Å². The molecule has 0 radical (unpaired) electrons. The van der Waals surface area contributed by atoms with Gasteiger partial charge in [-0.1, -0.05) is 6.92 Å². The number of rotatable bonds is 4. The molecule has 1 heterocycles. The van der Waals surface area contributed by atoms with Gasteiger partial charge in [-0.25, -0.2) is 4.98 Å². The van der Waals surface area contributed by atoms with Crippen LogP contribution < -0.4 is 5.73 Å². The van der Waals surface area contributed by atoms with E-state index in [1.807, 2.05) is 6.92 Å².